The minimum absolute atomic E-state index is 0.000854. The molecular formula is C32H36F2N6O3. The molecule has 0 spiro atoms. The number of rotatable bonds is 5. The highest BCUT2D eigenvalue weighted by atomic mass is 19.1. The van der Waals surface area contributed by atoms with E-state index in [4.69, 9.17) is 14.5 Å². The number of ether oxygens (including phenoxy) is 2. The van der Waals surface area contributed by atoms with Crippen LogP contribution in [0.1, 0.15) is 45.2 Å². The van der Waals surface area contributed by atoms with Gasteiger partial charge in [0.05, 0.1) is 48.4 Å². The Balaban J connectivity index is 1.25. The van der Waals surface area contributed by atoms with Crippen molar-refractivity contribution in [2.24, 2.45) is 0 Å². The van der Waals surface area contributed by atoms with Gasteiger partial charge in [0.1, 0.15) is 17.2 Å². The van der Waals surface area contributed by atoms with Crippen LogP contribution in [0.25, 0.3) is 33.4 Å². The molecule has 2 saturated heterocycles. The van der Waals surface area contributed by atoms with E-state index in [0.717, 1.165) is 18.4 Å². The molecule has 0 radical (unpaired) electrons. The average molecular weight is 591 g/mol. The zero-order valence-corrected chi connectivity index (χ0v) is 24.7. The molecule has 2 aliphatic rings. The van der Waals surface area contributed by atoms with Crippen molar-refractivity contribution in [3.8, 4) is 22.4 Å². The van der Waals surface area contributed by atoms with Gasteiger partial charge < -0.3 is 14.4 Å². The van der Waals surface area contributed by atoms with Crippen molar-refractivity contribution >= 4 is 17.1 Å². The SMILES string of the molecule is CC(C)(C)OC(=O)N1CCCC(n2cc(-c3cnc4cccc(-c5cc(F)c(CN6CCOCC6)c(F)c5)c4n3)cn2)C1. The van der Waals surface area contributed by atoms with Crippen LogP contribution in [-0.2, 0) is 16.0 Å². The highest BCUT2D eigenvalue weighted by molar-refractivity contribution is 5.92. The fourth-order valence-electron chi connectivity index (χ4n) is 5.63. The first-order chi connectivity index (χ1) is 20.6. The molecule has 2 aromatic heterocycles. The second-order valence-corrected chi connectivity index (χ2v) is 12.2. The maximum absolute atomic E-state index is 15.3. The van der Waals surface area contributed by atoms with Crippen LogP contribution in [0.5, 0.6) is 0 Å². The van der Waals surface area contributed by atoms with Crippen molar-refractivity contribution in [2.45, 2.75) is 51.8 Å². The molecule has 11 heteroatoms. The van der Waals surface area contributed by atoms with E-state index in [1.807, 2.05) is 42.6 Å². The fraction of sp³-hybridized carbons (Fsp3) is 0.438. The van der Waals surface area contributed by atoms with Crippen LogP contribution in [-0.4, -0.2) is 80.6 Å². The highest BCUT2D eigenvalue weighted by Crippen LogP contribution is 2.32. The maximum Gasteiger partial charge on any atom is 0.410 e. The lowest BCUT2D eigenvalue weighted by Gasteiger charge is -2.34. The molecule has 0 saturated carbocycles. The van der Waals surface area contributed by atoms with Gasteiger partial charge in [0, 0.05) is 55.6 Å². The molecule has 0 N–H and O–H groups in total. The van der Waals surface area contributed by atoms with Crippen molar-refractivity contribution in [1.82, 2.24) is 29.5 Å². The van der Waals surface area contributed by atoms with Crippen LogP contribution in [0.3, 0.4) is 0 Å². The molecule has 0 bridgehead atoms. The molecule has 2 aromatic carbocycles. The van der Waals surface area contributed by atoms with Gasteiger partial charge in [-0.15, -0.1) is 0 Å². The van der Waals surface area contributed by atoms with Gasteiger partial charge >= 0.3 is 6.09 Å². The Labute approximate surface area is 249 Å². The van der Waals surface area contributed by atoms with E-state index in [1.54, 1.807) is 29.4 Å². The van der Waals surface area contributed by atoms with E-state index >= 15 is 8.78 Å². The Morgan fingerprint density at radius 3 is 2.58 bits per heavy atom. The van der Waals surface area contributed by atoms with Crippen molar-refractivity contribution in [3.63, 3.8) is 0 Å². The zero-order valence-electron chi connectivity index (χ0n) is 24.7. The highest BCUT2D eigenvalue weighted by Gasteiger charge is 2.29. The number of benzene rings is 2. The van der Waals surface area contributed by atoms with Crippen LogP contribution in [0.2, 0.25) is 0 Å². The van der Waals surface area contributed by atoms with E-state index in [1.165, 1.54) is 12.1 Å². The number of likely N-dealkylation sites (tertiary alicyclic amines) is 1. The number of nitrogens with zero attached hydrogens (tertiary/aromatic N) is 6. The molecular weight excluding hydrogens is 554 g/mol. The van der Waals surface area contributed by atoms with Gasteiger partial charge in [-0.25, -0.2) is 18.6 Å². The van der Waals surface area contributed by atoms with Gasteiger partial charge in [0.25, 0.3) is 0 Å². The normalized spacial score (nSPS) is 18.3. The Kier molecular flexibility index (Phi) is 8.11. The van der Waals surface area contributed by atoms with Crippen LogP contribution in [0.4, 0.5) is 13.6 Å². The predicted molar refractivity (Wildman–Crippen MR) is 158 cm³/mol. The number of morpholine rings is 1. The molecule has 1 atom stereocenters. The van der Waals surface area contributed by atoms with Crippen molar-refractivity contribution in [3.05, 3.63) is 66.1 Å². The molecule has 1 unspecified atom stereocenters. The van der Waals surface area contributed by atoms with Crippen LogP contribution < -0.4 is 0 Å². The lowest BCUT2D eigenvalue weighted by atomic mass is 10.0. The molecule has 226 valence electrons. The summed E-state index contributed by atoms with van der Waals surface area (Å²) in [6.07, 6.45) is 6.71. The third kappa shape index (κ3) is 6.52. The van der Waals surface area contributed by atoms with Gasteiger partial charge in [-0.2, -0.15) is 5.10 Å². The quantitative estimate of drug-likeness (QED) is 0.289. The molecule has 4 heterocycles. The lowest BCUT2D eigenvalue weighted by molar-refractivity contribution is 0.0167. The summed E-state index contributed by atoms with van der Waals surface area (Å²) < 4.78 is 43.3. The summed E-state index contributed by atoms with van der Waals surface area (Å²) >= 11 is 0. The molecule has 9 nitrogen and oxygen atoms in total. The summed E-state index contributed by atoms with van der Waals surface area (Å²) in [7, 11) is 0. The smallest absolute Gasteiger partial charge is 0.410 e. The van der Waals surface area contributed by atoms with E-state index in [-0.39, 0.29) is 24.2 Å². The van der Waals surface area contributed by atoms with Gasteiger partial charge in [-0.05, 0) is 57.4 Å². The number of para-hydroxylation sites is 1. The summed E-state index contributed by atoms with van der Waals surface area (Å²) in [5.41, 5.74) is 3.01. The van der Waals surface area contributed by atoms with Gasteiger partial charge in [-0.1, -0.05) is 12.1 Å². The Morgan fingerprint density at radius 1 is 1.07 bits per heavy atom. The van der Waals surface area contributed by atoms with Gasteiger partial charge in [-0.3, -0.25) is 14.6 Å². The molecule has 2 fully saturated rings. The van der Waals surface area contributed by atoms with E-state index in [2.05, 4.69) is 10.1 Å². The summed E-state index contributed by atoms with van der Waals surface area (Å²) in [4.78, 5) is 25.8. The number of carbonyl (C=O) groups is 1. The zero-order chi connectivity index (χ0) is 30.1. The first kappa shape index (κ1) is 29.1. The Hall–Kier alpha value is -3.96. The Morgan fingerprint density at radius 2 is 1.84 bits per heavy atom. The number of piperidine rings is 1. The van der Waals surface area contributed by atoms with Crippen molar-refractivity contribution in [1.29, 1.82) is 0 Å². The number of hydrogen-bond donors (Lipinski definition) is 0. The first-order valence-corrected chi connectivity index (χ1v) is 14.7. The van der Waals surface area contributed by atoms with E-state index < -0.39 is 17.2 Å². The van der Waals surface area contributed by atoms with Gasteiger partial charge in [0.2, 0.25) is 0 Å². The number of hydrogen-bond acceptors (Lipinski definition) is 7. The van der Waals surface area contributed by atoms with Crippen LogP contribution in [0, 0.1) is 11.6 Å². The summed E-state index contributed by atoms with van der Waals surface area (Å²) in [5.74, 6) is -1.17. The molecule has 43 heavy (non-hydrogen) atoms. The Bertz CT molecular complexity index is 1610. The van der Waals surface area contributed by atoms with Crippen LogP contribution in [0.15, 0.2) is 48.9 Å². The number of fused-ring (bicyclic) bond motifs is 1. The largest absolute Gasteiger partial charge is 0.444 e. The molecule has 6 rings (SSSR count). The minimum atomic E-state index is -0.586. The minimum Gasteiger partial charge on any atom is -0.444 e. The predicted octanol–water partition coefficient (Wildman–Crippen LogP) is 5.84. The van der Waals surface area contributed by atoms with E-state index in [9.17, 15) is 4.79 Å². The van der Waals surface area contributed by atoms with Crippen molar-refractivity contribution < 1.29 is 23.0 Å². The van der Waals surface area contributed by atoms with Crippen molar-refractivity contribution in [2.75, 3.05) is 39.4 Å². The number of carbonyl (C=O) groups excluding carboxylic acids is 1. The van der Waals surface area contributed by atoms with Gasteiger partial charge in [0.15, 0.2) is 0 Å². The number of amides is 1. The second-order valence-electron chi connectivity index (χ2n) is 12.2. The molecule has 4 aromatic rings. The lowest BCUT2D eigenvalue weighted by Crippen LogP contribution is -2.43. The van der Waals surface area contributed by atoms with Crippen LogP contribution >= 0.6 is 0 Å². The summed E-state index contributed by atoms with van der Waals surface area (Å²) in [5, 5.41) is 4.59. The molecule has 1 amide bonds. The number of aromatic nitrogens is 4. The second kappa shape index (κ2) is 12.0. The van der Waals surface area contributed by atoms with E-state index in [0.29, 0.717) is 67.2 Å². The number of halogens is 2. The first-order valence-electron chi connectivity index (χ1n) is 14.7. The third-order valence-corrected chi connectivity index (χ3v) is 7.83. The standard InChI is InChI=1S/C32H36F2N6O3/c1-32(2,3)43-31(41)39-9-5-6-23(19-39)40-18-22(16-36-40)29-17-35-28-8-4-7-24(30(28)37-29)21-14-26(33)25(27(34)15-21)20-38-10-12-42-13-11-38/h4,7-8,14-18,23H,5-6,9-13,19-20H2,1-3H3. The third-order valence-electron chi connectivity index (χ3n) is 7.83. The molecule has 2 aliphatic heterocycles. The monoisotopic (exact) mass is 590 g/mol. The average Bonchev–Trinajstić information content (AvgIpc) is 3.49. The maximum atomic E-state index is 15.3. The molecule has 0 aliphatic carbocycles. The topological polar surface area (TPSA) is 85.6 Å². The summed E-state index contributed by atoms with van der Waals surface area (Å²) in [6, 6.07) is 8.18. The fourth-order valence-corrected chi connectivity index (χ4v) is 5.63. The summed E-state index contributed by atoms with van der Waals surface area (Å²) in [6.45, 7) is 9.32.